The normalized spacial score (nSPS) is 13.8. The van der Waals surface area contributed by atoms with E-state index in [4.69, 9.17) is 5.11 Å². The quantitative estimate of drug-likeness (QED) is 0.777. The van der Waals surface area contributed by atoms with Crippen LogP contribution in [0.25, 0.3) is 0 Å². The number of carboxylic acids is 1. The molecule has 1 unspecified atom stereocenters. The lowest BCUT2D eigenvalue weighted by Gasteiger charge is -2.18. The Morgan fingerprint density at radius 1 is 1.50 bits per heavy atom. The van der Waals surface area contributed by atoms with Crippen molar-refractivity contribution in [2.45, 2.75) is 12.5 Å². The minimum atomic E-state index is -2.05. The third-order valence-electron chi connectivity index (χ3n) is 2.24. The Labute approximate surface area is 111 Å². The molecule has 1 amide bonds. The van der Waals surface area contributed by atoms with Gasteiger partial charge in [0.15, 0.2) is 5.60 Å². The van der Waals surface area contributed by atoms with Crippen LogP contribution in [-0.4, -0.2) is 34.2 Å². The molecule has 0 bridgehead atoms. The molecule has 3 N–H and O–H groups in total. The van der Waals surface area contributed by atoms with Crippen molar-refractivity contribution in [3.8, 4) is 0 Å². The van der Waals surface area contributed by atoms with Crippen LogP contribution in [0.15, 0.2) is 22.7 Å². The van der Waals surface area contributed by atoms with Crippen molar-refractivity contribution in [2.75, 3.05) is 6.54 Å². The van der Waals surface area contributed by atoms with E-state index in [9.17, 15) is 19.1 Å². The van der Waals surface area contributed by atoms with Crippen molar-refractivity contribution in [3.05, 3.63) is 34.1 Å². The van der Waals surface area contributed by atoms with Gasteiger partial charge in [-0.25, -0.2) is 9.18 Å². The molecule has 0 aliphatic rings. The largest absolute Gasteiger partial charge is 0.479 e. The molecule has 1 atom stereocenters. The van der Waals surface area contributed by atoms with Gasteiger partial charge in [0.1, 0.15) is 5.82 Å². The SMILES string of the molecule is CC(O)(CNC(=O)c1ccc(F)c(Br)c1)C(=O)O. The van der Waals surface area contributed by atoms with Gasteiger partial charge >= 0.3 is 5.97 Å². The standard InChI is InChI=1S/C11H11BrFNO4/c1-11(18,10(16)17)5-14-9(15)6-2-3-8(13)7(12)4-6/h2-4,18H,5H2,1H3,(H,14,15)(H,16,17). The number of carboxylic acid groups (broad SMARTS) is 1. The van der Waals surface area contributed by atoms with E-state index in [-0.39, 0.29) is 10.0 Å². The number of amides is 1. The molecule has 7 heteroatoms. The van der Waals surface area contributed by atoms with E-state index >= 15 is 0 Å². The fourth-order valence-electron chi connectivity index (χ4n) is 1.07. The van der Waals surface area contributed by atoms with Gasteiger partial charge < -0.3 is 15.5 Å². The number of aliphatic hydroxyl groups is 1. The zero-order chi connectivity index (χ0) is 13.9. The first kappa shape index (κ1) is 14.6. The first-order chi connectivity index (χ1) is 8.24. The molecule has 98 valence electrons. The van der Waals surface area contributed by atoms with Gasteiger partial charge in [0, 0.05) is 5.56 Å². The minimum absolute atomic E-state index is 0.125. The summed E-state index contributed by atoms with van der Waals surface area (Å²) in [4.78, 5) is 22.2. The summed E-state index contributed by atoms with van der Waals surface area (Å²) in [6, 6.07) is 3.62. The molecule has 1 aromatic carbocycles. The Kier molecular flexibility index (Phi) is 4.42. The molecule has 18 heavy (non-hydrogen) atoms. The van der Waals surface area contributed by atoms with Crippen molar-refractivity contribution in [1.82, 2.24) is 5.32 Å². The van der Waals surface area contributed by atoms with E-state index in [1.807, 2.05) is 0 Å². The predicted molar refractivity (Wildman–Crippen MR) is 64.7 cm³/mol. The fraction of sp³-hybridized carbons (Fsp3) is 0.273. The number of carbonyl (C=O) groups is 2. The Morgan fingerprint density at radius 2 is 2.11 bits per heavy atom. The molecular weight excluding hydrogens is 309 g/mol. The van der Waals surface area contributed by atoms with E-state index in [1.165, 1.54) is 12.1 Å². The van der Waals surface area contributed by atoms with Crippen LogP contribution in [0.2, 0.25) is 0 Å². The highest BCUT2D eigenvalue weighted by Crippen LogP contribution is 2.16. The lowest BCUT2D eigenvalue weighted by atomic mass is 10.1. The van der Waals surface area contributed by atoms with Gasteiger partial charge in [-0.3, -0.25) is 4.79 Å². The lowest BCUT2D eigenvalue weighted by Crippen LogP contribution is -2.46. The molecule has 0 spiro atoms. The average Bonchev–Trinajstić information content (AvgIpc) is 2.29. The van der Waals surface area contributed by atoms with E-state index in [0.717, 1.165) is 13.0 Å². The number of hydrogen-bond donors (Lipinski definition) is 3. The number of halogens is 2. The van der Waals surface area contributed by atoms with Gasteiger partial charge in [-0.1, -0.05) is 0 Å². The number of carbonyl (C=O) groups excluding carboxylic acids is 1. The molecule has 0 saturated heterocycles. The summed E-state index contributed by atoms with van der Waals surface area (Å²) in [6.45, 7) is 0.617. The minimum Gasteiger partial charge on any atom is -0.479 e. The molecule has 5 nitrogen and oxygen atoms in total. The predicted octanol–water partition coefficient (Wildman–Crippen LogP) is 1.15. The van der Waals surface area contributed by atoms with Crippen molar-refractivity contribution < 1.29 is 24.2 Å². The molecule has 0 aliphatic carbocycles. The second kappa shape index (κ2) is 5.45. The van der Waals surface area contributed by atoms with Crippen LogP contribution in [0, 0.1) is 5.82 Å². The monoisotopic (exact) mass is 319 g/mol. The van der Waals surface area contributed by atoms with Crippen LogP contribution in [0.4, 0.5) is 4.39 Å². The zero-order valence-corrected chi connectivity index (χ0v) is 11.0. The number of aliphatic carboxylic acids is 1. The number of nitrogens with one attached hydrogen (secondary N) is 1. The molecule has 0 saturated carbocycles. The second-order valence-electron chi connectivity index (χ2n) is 3.89. The number of benzene rings is 1. The molecule has 0 aliphatic heterocycles. The van der Waals surface area contributed by atoms with Gasteiger partial charge in [-0.15, -0.1) is 0 Å². The summed E-state index contributed by atoms with van der Waals surface area (Å²) < 4.78 is 13.1. The molecule has 0 fully saturated rings. The summed E-state index contributed by atoms with van der Waals surface area (Å²) in [6.07, 6.45) is 0. The van der Waals surface area contributed by atoms with Gasteiger partial charge in [0.05, 0.1) is 11.0 Å². The Bertz CT molecular complexity index is 490. The van der Waals surface area contributed by atoms with Crippen LogP contribution >= 0.6 is 15.9 Å². The van der Waals surface area contributed by atoms with Gasteiger partial charge in [-0.05, 0) is 41.1 Å². The maximum atomic E-state index is 12.9. The summed E-state index contributed by atoms with van der Waals surface area (Å²) in [5, 5.41) is 20.3. The van der Waals surface area contributed by atoms with Crippen LogP contribution < -0.4 is 5.32 Å². The third-order valence-corrected chi connectivity index (χ3v) is 2.84. The molecule has 1 aromatic rings. The molecular formula is C11H11BrFNO4. The maximum absolute atomic E-state index is 12.9. The number of rotatable bonds is 4. The summed E-state index contributed by atoms with van der Waals surface area (Å²) in [7, 11) is 0. The summed E-state index contributed by atoms with van der Waals surface area (Å²) in [5.41, 5.74) is -1.89. The highest BCUT2D eigenvalue weighted by Gasteiger charge is 2.30. The van der Waals surface area contributed by atoms with Gasteiger partial charge in [0.25, 0.3) is 5.91 Å². The van der Waals surface area contributed by atoms with Crippen molar-refractivity contribution >= 4 is 27.8 Å². The third kappa shape index (κ3) is 3.51. The van der Waals surface area contributed by atoms with E-state index in [2.05, 4.69) is 21.2 Å². The Hall–Kier alpha value is -1.47. The van der Waals surface area contributed by atoms with Gasteiger partial charge in [0.2, 0.25) is 0 Å². The molecule has 0 radical (unpaired) electrons. The summed E-state index contributed by atoms with van der Waals surface area (Å²) >= 11 is 2.93. The smallest absolute Gasteiger partial charge is 0.337 e. The van der Waals surface area contributed by atoms with Crippen molar-refractivity contribution in [2.24, 2.45) is 0 Å². The Morgan fingerprint density at radius 3 is 2.61 bits per heavy atom. The van der Waals surface area contributed by atoms with Crippen molar-refractivity contribution in [3.63, 3.8) is 0 Å². The van der Waals surface area contributed by atoms with E-state index in [0.29, 0.717) is 0 Å². The lowest BCUT2D eigenvalue weighted by molar-refractivity contribution is -0.155. The topological polar surface area (TPSA) is 86.6 Å². The molecule has 0 heterocycles. The van der Waals surface area contributed by atoms with E-state index in [1.54, 1.807) is 0 Å². The first-order valence-electron chi connectivity index (χ1n) is 4.93. The first-order valence-corrected chi connectivity index (χ1v) is 5.72. The number of hydrogen-bond acceptors (Lipinski definition) is 3. The van der Waals surface area contributed by atoms with Crippen LogP contribution in [-0.2, 0) is 4.79 Å². The molecule has 0 aromatic heterocycles. The maximum Gasteiger partial charge on any atom is 0.337 e. The second-order valence-corrected chi connectivity index (χ2v) is 4.74. The highest BCUT2D eigenvalue weighted by atomic mass is 79.9. The van der Waals surface area contributed by atoms with Crippen LogP contribution in [0.3, 0.4) is 0 Å². The fourth-order valence-corrected chi connectivity index (χ4v) is 1.45. The molecule has 1 rings (SSSR count). The average molecular weight is 320 g/mol. The summed E-state index contributed by atoms with van der Waals surface area (Å²) in [5.74, 6) is -2.55. The van der Waals surface area contributed by atoms with Gasteiger partial charge in [-0.2, -0.15) is 0 Å². The van der Waals surface area contributed by atoms with E-state index < -0.39 is 29.8 Å². The highest BCUT2D eigenvalue weighted by molar-refractivity contribution is 9.10. The van der Waals surface area contributed by atoms with Crippen LogP contribution in [0.1, 0.15) is 17.3 Å². The van der Waals surface area contributed by atoms with Crippen LogP contribution in [0.5, 0.6) is 0 Å². The Balaban J connectivity index is 2.72. The zero-order valence-electron chi connectivity index (χ0n) is 9.41. The van der Waals surface area contributed by atoms with Crippen molar-refractivity contribution in [1.29, 1.82) is 0 Å².